The number of hydrogen-bond donors (Lipinski definition) is 2. The number of aryl methyl sites for hydroxylation is 1. The van der Waals surface area contributed by atoms with Crippen LogP contribution in [0.25, 0.3) is 11.1 Å². The van der Waals surface area contributed by atoms with Gasteiger partial charge in [0.2, 0.25) is 0 Å². The van der Waals surface area contributed by atoms with Crippen molar-refractivity contribution >= 4 is 12.6 Å². The third-order valence-corrected chi connectivity index (χ3v) is 4.42. The van der Waals surface area contributed by atoms with Crippen LogP contribution in [0.1, 0.15) is 38.7 Å². The van der Waals surface area contributed by atoms with Crippen LogP contribution in [0.15, 0.2) is 48.5 Å². The molecule has 118 valence electrons. The molecule has 0 saturated carbocycles. The lowest BCUT2D eigenvalue weighted by Gasteiger charge is -2.12. The maximum atomic E-state index is 9.34. The zero-order valence-electron chi connectivity index (χ0n) is 13.5. The Kier molecular flexibility index (Phi) is 6.38. The van der Waals surface area contributed by atoms with E-state index in [9.17, 15) is 5.11 Å². The second-order valence-corrected chi connectivity index (χ2v) is 7.20. The number of aromatic hydroxyl groups is 1. The van der Waals surface area contributed by atoms with Crippen molar-refractivity contribution in [1.29, 1.82) is 0 Å². The minimum Gasteiger partial charge on any atom is -0.508 e. The fourth-order valence-electron chi connectivity index (χ4n) is 2.60. The Labute approximate surface area is 139 Å². The second kappa shape index (κ2) is 8.28. The maximum Gasteiger partial charge on any atom is 0.115 e. The summed E-state index contributed by atoms with van der Waals surface area (Å²) in [5.74, 6) is 1.07. The molecule has 0 aromatic heterocycles. The summed E-state index contributed by atoms with van der Waals surface area (Å²) in [6, 6.07) is 16.1. The molecule has 1 N–H and O–H groups in total. The molecule has 0 aliphatic heterocycles. The van der Waals surface area contributed by atoms with E-state index in [4.69, 9.17) is 0 Å². The first-order valence-corrected chi connectivity index (χ1v) is 8.62. The van der Waals surface area contributed by atoms with E-state index < -0.39 is 0 Å². The standard InChI is InChI=1S/C20H26OS/c1-15(3-5-16(2)22)4-6-17-7-9-18(10-8-17)19-11-13-20(21)14-12-19/h7-16,21-22H,3-6H2,1-2H3. The zero-order chi connectivity index (χ0) is 15.9. The monoisotopic (exact) mass is 314 g/mol. The molecule has 0 heterocycles. The van der Waals surface area contributed by atoms with Crippen LogP contribution >= 0.6 is 12.6 Å². The third kappa shape index (κ3) is 5.42. The van der Waals surface area contributed by atoms with E-state index in [0.717, 1.165) is 17.9 Å². The van der Waals surface area contributed by atoms with Gasteiger partial charge in [0.1, 0.15) is 5.75 Å². The van der Waals surface area contributed by atoms with E-state index in [2.05, 4.69) is 50.7 Å². The molecule has 2 heteroatoms. The molecule has 2 unspecified atom stereocenters. The van der Waals surface area contributed by atoms with Crippen molar-refractivity contribution in [2.45, 2.75) is 44.8 Å². The van der Waals surface area contributed by atoms with Gasteiger partial charge in [0, 0.05) is 0 Å². The normalized spacial score (nSPS) is 13.8. The van der Waals surface area contributed by atoms with E-state index in [-0.39, 0.29) is 0 Å². The summed E-state index contributed by atoms with van der Waals surface area (Å²) < 4.78 is 0. The number of phenols is 1. The van der Waals surface area contributed by atoms with Crippen LogP contribution in [0.4, 0.5) is 0 Å². The Morgan fingerprint density at radius 2 is 1.36 bits per heavy atom. The van der Waals surface area contributed by atoms with Crippen molar-refractivity contribution in [2.24, 2.45) is 5.92 Å². The predicted octanol–water partition coefficient (Wildman–Crippen LogP) is 5.73. The highest BCUT2D eigenvalue weighted by atomic mass is 32.1. The van der Waals surface area contributed by atoms with Gasteiger partial charge in [-0.1, -0.05) is 50.2 Å². The number of thiol groups is 1. The van der Waals surface area contributed by atoms with Crippen molar-refractivity contribution in [3.8, 4) is 16.9 Å². The van der Waals surface area contributed by atoms with Gasteiger partial charge in [-0.3, -0.25) is 0 Å². The van der Waals surface area contributed by atoms with Gasteiger partial charge < -0.3 is 5.11 Å². The molecule has 0 spiro atoms. The van der Waals surface area contributed by atoms with Crippen molar-refractivity contribution < 1.29 is 5.11 Å². The highest BCUT2D eigenvalue weighted by molar-refractivity contribution is 7.80. The Morgan fingerprint density at radius 3 is 1.91 bits per heavy atom. The van der Waals surface area contributed by atoms with Gasteiger partial charge in [0.25, 0.3) is 0 Å². The molecule has 0 bridgehead atoms. The Morgan fingerprint density at radius 1 is 0.818 bits per heavy atom. The van der Waals surface area contributed by atoms with E-state index in [0.29, 0.717) is 11.0 Å². The fraction of sp³-hybridized carbons (Fsp3) is 0.400. The molecule has 0 radical (unpaired) electrons. The van der Waals surface area contributed by atoms with Crippen LogP contribution in [0.2, 0.25) is 0 Å². The van der Waals surface area contributed by atoms with Gasteiger partial charge in [0.15, 0.2) is 0 Å². The lowest BCUT2D eigenvalue weighted by molar-refractivity contribution is 0.475. The molecule has 2 aromatic rings. The lowest BCUT2D eigenvalue weighted by atomic mass is 9.95. The van der Waals surface area contributed by atoms with Crippen molar-refractivity contribution in [3.05, 3.63) is 54.1 Å². The first-order chi connectivity index (χ1) is 10.5. The average Bonchev–Trinajstić information content (AvgIpc) is 2.52. The SMILES string of the molecule is CC(S)CCC(C)CCc1ccc(-c2ccc(O)cc2)cc1. The quantitative estimate of drug-likeness (QED) is 0.626. The molecule has 0 amide bonds. The van der Waals surface area contributed by atoms with Crippen LogP contribution in [0.3, 0.4) is 0 Å². The Bertz CT molecular complexity index is 557. The van der Waals surface area contributed by atoms with Crippen molar-refractivity contribution in [3.63, 3.8) is 0 Å². The first kappa shape index (κ1) is 17.0. The van der Waals surface area contributed by atoms with Crippen LogP contribution in [0.5, 0.6) is 5.75 Å². The minimum atomic E-state index is 0.310. The lowest BCUT2D eigenvalue weighted by Crippen LogP contribution is -2.01. The van der Waals surface area contributed by atoms with Crippen molar-refractivity contribution in [1.82, 2.24) is 0 Å². The summed E-state index contributed by atoms with van der Waals surface area (Å²) in [7, 11) is 0. The number of phenolic OH excluding ortho intramolecular Hbond substituents is 1. The maximum absolute atomic E-state index is 9.34. The molecule has 2 rings (SSSR count). The van der Waals surface area contributed by atoms with Crippen LogP contribution in [-0.2, 0) is 6.42 Å². The third-order valence-electron chi connectivity index (χ3n) is 4.16. The van der Waals surface area contributed by atoms with Gasteiger partial charge in [-0.15, -0.1) is 0 Å². The molecule has 1 nitrogen and oxygen atoms in total. The average molecular weight is 314 g/mol. The predicted molar refractivity (Wildman–Crippen MR) is 98.7 cm³/mol. The first-order valence-electron chi connectivity index (χ1n) is 8.11. The van der Waals surface area contributed by atoms with Gasteiger partial charge in [-0.05, 0) is 65.7 Å². The minimum absolute atomic E-state index is 0.310. The summed E-state index contributed by atoms with van der Waals surface area (Å²) in [6.45, 7) is 4.50. The Hall–Kier alpha value is -1.41. The van der Waals surface area contributed by atoms with E-state index >= 15 is 0 Å². The molecule has 0 fully saturated rings. The zero-order valence-corrected chi connectivity index (χ0v) is 14.4. The van der Waals surface area contributed by atoms with E-state index in [1.165, 1.54) is 30.4 Å². The topological polar surface area (TPSA) is 20.2 Å². The molecular formula is C20H26OS. The Balaban J connectivity index is 1.88. The van der Waals surface area contributed by atoms with E-state index in [1.807, 2.05) is 12.1 Å². The fourth-order valence-corrected chi connectivity index (χ4v) is 2.75. The molecule has 2 aromatic carbocycles. The van der Waals surface area contributed by atoms with Crippen LogP contribution < -0.4 is 0 Å². The molecular weight excluding hydrogens is 288 g/mol. The molecule has 22 heavy (non-hydrogen) atoms. The largest absolute Gasteiger partial charge is 0.508 e. The van der Waals surface area contributed by atoms with Gasteiger partial charge in [-0.2, -0.15) is 12.6 Å². The molecule has 0 saturated heterocycles. The highest BCUT2D eigenvalue weighted by Crippen LogP contribution is 2.23. The smallest absolute Gasteiger partial charge is 0.115 e. The van der Waals surface area contributed by atoms with Crippen LogP contribution in [-0.4, -0.2) is 10.4 Å². The summed E-state index contributed by atoms with van der Waals surface area (Å²) >= 11 is 4.45. The van der Waals surface area contributed by atoms with Crippen molar-refractivity contribution in [2.75, 3.05) is 0 Å². The van der Waals surface area contributed by atoms with E-state index in [1.54, 1.807) is 12.1 Å². The summed E-state index contributed by atoms with van der Waals surface area (Å²) in [5.41, 5.74) is 3.73. The van der Waals surface area contributed by atoms with Gasteiger partial charge >= 0.3 is 0 Å². The number of rotatable bonds is 7. The summed E-state index contributed by atoms with van der Waals surface area (Å²) in [5, 5.41) is 9.85. The molecule has 0 aliphatic carbocycles. The van der Waals surface area contributed by atoms with Gasteiger partial charge in [-0.25, -0.2) is 0 Å². The number of benzene rings is 2. The van der Waals surface area contributed by atoms with Crippen LogP contribution in [0, 0.1) is 5.92 Å². The molecule has 2 atom stereocenters. The second-order valence-electron chi connectivity index (χ2n) is 6.31. The van der Waals surface area contributed by atoms with Gasteiger partial charge in [0.05, 0.1) is 0 Å². The summed E-state index contributed by atoms with van der Waals surface area (Å²) in [4.78, 5) is 0. The molecule has 0 aliphatic rings. The number of hydrogen-bond acceptors (Lipinski definition) is 2. The highest BCUT2D eigenvalue weighted by Gasteiger charge is 2.05. The summed E-state index contributed by atoms with van der Waals surface area (Å²) in [6.07, 6.45) is 4.83.